The topological polar surface area (TPSA) is 76.8 Å². The molecule has 2 atom stereocenters. The average molecular weight is 327 g/mol. The number of nitrogens with two attached hydrogens (primary N) is 1. The summed E-state index contributed by atoms with van der Waals surface area (Å²) in [4.78, 5) is 14.0. The van der Waals surface area contributed by atoms with Gasteiger partial charge in [-0.05, 0) is 19.4 Å². The van der Waals surface area contributed by atoms with Gasteiger partial charge in [-0.1, -0.05) is 12.1 Å². The number of benzene rings is 1. The van der Waals surface area contributed by atoms with Crippen LogP contribution in [0.1, 0.15) is 18.9 Å². The largest absolute Gasteiger partial charge is 0.586 e. The quantitative estimate of drug-likeness (QED) is 0.864. The maximum absolute atomic E-state index is 13.3. The Kier molecular flexibility index (Phi) is 4.11. The predicted octanol–water partition coefficient (Wildman–Crippen LogP) is 1.05. The molecule has 1 fully saturated rings. The van der Waals surface area contributed by atoms with Gasteiger partial charge in [0.15, 0.2) is 11.5 Å². The van der Waals surface area contributed by atoms with E-state index >= 15 is 0 Å². The van der Waals surface area contributed by atoms with Crippen molar-refractivity contribution in [2.75, 3.05) is 13.1 Å². The van der Waals surface area contributed by atoms with Crippen molar-refractivity contribution in [1.82, 2.24) is 10.2 Å². The molecule has 23 heavy (non-hydrogen) atoms. The van der Waals surface area contributed by atoms with Gasteiger partial charge in [-0.15, -0.1) is 8.78 Å². The summed E-state index contributed by atoms with van der Waals surface area (Å²) in [6.07, 6.45) is -3.12. The van der Waals surface area contributed by atoms with Crippen LogP contribution in [0.4, 0.5) is 8.78 Å². The van der Waals surface area contributed by atoms with Crippen molar-refractivity contribution in [3.05, 3.63) is 23.8 Å². The maximum Gasteiger partial charge on any atom is 0.586 e. The molecular weight excluding hydrogens is 308 g/mol. The van der Waals surface area contributed by atoms with Crippen molar-refractivity contribution in [2.24, 2.45) is 5.73 Å². The summed E-state index contributed by atoms with van der Waals surface area (Å²) in [5, 5.41) is 2.78. The number of nitrogens with zero attached hydrogens (tertiary/aromatic N) is 1. The van der Waals surface area contributed by atoms with Crippen molar-refractivity contribution in [3.8, 4) is 11.5 Å². The fourth-order valence-corrected chi connectivity index (χ4v) is 3.05. The fourth-order valence-electron chi connectivity index (χ4n) is 3.05. The van der Waals surface area contributed by atoms with E-state index in [4.69, 9.17) is 5.73 Å². The molecule has 0 radical (unpaired) electrons. The van der Waals surface area contributed by atoms with Crippen LogP contribution in [0.25, 0.3) is 0 Å². The minimum absolute atomic E-state index is 0.00514. The first kappa shape index (κ1) is 15.9. The Morgan fingerprint density at radius 1 is 1.48 bits per heavy atom. The third-order valence-corrected chi connectivity index (χ3v) is 3.97. The molecule has 1 aromatic rings. The maximum atomic E-state index is 13.3. The summed E-state index contributed by atoms with van der Waals surface area (Å²) in [5.41, 5.74) is 6.51. The van der Waals surface area contributed by atoms with Gasteiger partial charge in [-0.25, -0.2) is 0 Å². The fraction of sp³-hybridized carbons (Fsp3) is 0.533. The highest BCUT2D eigenvalue weighted by Gasteiger charge is 2.45. The van der Waals surface area contributed by atoms with Gasteiger partial charge in [-0.2, -0.15) is 0 Å². The van der Waals surface area contributed by atoms with Crippen LogP contribution < -0.4 is 20.5 Å². The second kappa shape index (κ2) is 5.93. The van der Waals surface area contributed by atoms with Crippen LogP contribution in [0.3, 0.4) is 0 Å². The number of fused-ring (bicyclic) bond motifs is 1. The van der Waals surface area contributed by atoms with Gasteiger partial charge in [0.1, 0.15) is 0 Å². The van der Waals surface area contributed by atoms with Crippen LogP contribution in [0.5, 0.6) is 11.5 Å². The molecule has 0 aliphatic carbocycles. The lowest BCUT2D eigenvalue weighted by Crippen LogP contribution is -2.42. The number of rotatable bonds is 4. The number of hydrogen-bond acceptors (Lipinski definition) is 5. The zero-order valence-corrected chi connectivity index (χ0v) is 12.7. The first-order chi connectivity index (χ1) is 10.9. The summed E-state index contributed by atoms with van der Waals surface area (Å²) in [6, 6.07) is 4.23. The molecule has 1 saturated heterocycles. The second-order valence-corrected chi connectivity index (χ2v) is 5.75. The van der Waals surface area contributed by atoms with Gasteiger partial charge < -0.3 is 20.5 Å². The Balaban J connectivity index is 1.80. The van der Waals surface area contributed by atoms with Crippen molar-refractivity contribution in [1.29, 1.82) is 0 Å². The van der Waals surface area contributed by atoms with Crippen molar-refractivity contribution in [2.45, 2.75) is 38.3 Å². The van der Waals surface area contributed by atoms with E-state index < -0.39 is 6.29 Å². The Morgan fingerprint density at radius 3 is 3.00 bits per heavy atom. The SMILES string of the molecule is CCNC(=O)[C@@H]1C[C@@H](N)CN1Cc1cccc2c1OC(F)(F)O2. The van der Waals surface area contributed by atoms with E-state index in [2.05, 4.69) is 14.8 Å². The number of likely N-dealkylation sites (tertiary alicyclic amines) is 1. The first-order valence-electron chi connectivity index (χ1n) is 7.54. The van der Waals surface area contributed by atoms with Crippen molar-refractivity contribution < 1.29 is 23.0 Å². The van der Waals surface area contributed by atoms with E-state index in [0.29, 0.717) is 25.1 Å². The molecule has 2 aliphatic rings. The number of alkyl halides is 2. The lowest BCUT2D eigenvalue weighted by atomic mass is 10.1. The molecule has 3 N–H and O–H groups in total. The number of nitrogens with one attached hydrogen (secondary N) is 1. The van der Waals surface area contributed by atoms with E-state index in [1.165, 1.54) is 6.07 Å². The first-order valence-corrected chi connectivity index (χ1v) is 7.54. The molecule has 8 heteroatoms. The Labute approximate surface area is 132 Å². The number of ether oxygens (including phenoxy) is 2. The summed E-state index contributed by atoms with van der Waals surface area (Å²) in [6.45, 7) is 3.18. The van der Waals surface area contributed by atoms with Crippen LogP contribution >= 0.6 is 0 Å². The molecule has 126 valence electrons. The highest BCUT2D eigenvalue weighted by molar-refractivity contribution is 5.82. The standard InChI is InChI=1S/C15H19F2N3O3/c1-2-19-14(21)11-6-10(18)8-20(11)7-9-4-3-5-12-13(9)23-15(16,17)22-12/h3-5,10-11H,2,6-8,18H2,1H3,(H,19,21)/t10-,11+/m1/s1. The van der Waals surface area contributed by atoms with Crippen molar-refractivity contribution >= 4 is 5.91 Å². The van der Waals surface area contributed by atoms with Crippen LogP contribution in [0.15, 0.2) is 18.2 Å². The molecule has 2 heterocycles. The number of carbonyl (C=O) groups is 1. The number of likely N-dealkylation sites (N-methyl/N-ethyl adjacent to an activating group) is 1. The summed E-state index contributed by atoms with van der Waals surface area (Å²) < 4.78 is 35.6. The van der Waals surface area contributed by atoms with E-state index in [0.717, 1.165) is 0 Å². The minimum Gasteiger partial charge on any atom is -0.395 e. The van der Waals surface area contributed by atoms with Crippen LogP contribution in [-0.4, -0.2) is 42.3 Å². The molecule has 3 rings (SSSR count). The summed E-state index contributed by atoms with van der Waals surface area (Å²) in [5.74, 6) is -0.0753. The Bertz CT molecular complexity index is 612. The van der Waals surface area contributed by atoms with Crippen LogP contribution in [0, 0.1) is 0 Å². The molecule has 0 bridgehead atoms. The molecule has 0 saturated carbocycles. The lowest BCUT2D eigenvalue weighted by molar-refractivity contribution is -0.287. The Hall–Kier alpha value is -1.93. The van der Waals surface area contributed by atoms with Gasteiger partial charge in [0, 0.05) is 31.2 Å². The van der Waals surface area contributed by atoms with Gasteiger partial charge in [0.2, 0.25) is 5.91 Å². The number of halogens is 2. The number of hydrogen-bond donors (Lipinski definition) is 2. The van der Waals surface area contributed by atoms with E-state index in [1.807, 2.05) is 11.8 Å². The van der Waals surface area contributed by atoms with Crippen LogP contribution in [0.2, 0.25) is 0 Å². The minimum atomic E-state index is -3.65. The van der Waals surface area contributed by atoms with Gasteiger partial charge in [0.25, 0.3) is 0 Å². The number of carbonyl (C=O) groups excluding carboxylic acids is 1. The molecule has 6 nitrogen and oxygen atoms in total. The molecule has 0 aromatic heterocycles. The highest BCUT2D eigenvalue weighted by atomic mass is 19.3. The Morgan fingerprint density at radius 2 is 2.26 bits per heavy atom. The van der Waals surface area contributed by atoms with Crippen molar-refractivity contribution in [3.63, 3.8) is 0 Å². The number of amides is 1. The van der Waals surface area contributed by atoms with Gasteiger partial charge in [0.05, 0.1) is 6.04 Å². The molecule has 2 aliphatic heterocycles. The lowest BCUT2D eigenvalue weighted by Gasteiger charge is -2.23. The van der Waals surface area contributed by atoms with E-state index in [9.17, 15) is 13.6 Å². The third-order valence-electron chi connectivity index (χ3n) is 3.97. The monoisotopic (exact) mass is 327 g/mol. The molecule has 0 spiro atoms. The zero-order valence-electron chi connectivity index (χ0n) is 12.7. The molecule has 0 unspecified atom stereocenters. The second-order valence-electron chi connectivity index (χ2n) is 5.75. The highest BCUT2D eigenvalue weighted by Crippen LogP contribution is 2.43. The molecule has 1 aromatic carbocycles. The molecule has 1 amide bonds. The number of para-hydroxylation sites is 1. The van der Waals surface area contributed by atoms with Gasteiger partial charge in [-0.3, -0.25) is 9.69 Å². The van der Waals surface area contributed by atoms with Crippen LogP contribution in [-0.2, 0) is 11.3 Å². The summed E-state index contributed by atoms with van der Waals surface area (Å²) in [7, 11) is 0. The third kappa shape index (κ3) is 3.23. The smallest absolute Gasteiger partial charge is 0.395 e. The average Bonchev–Trinajstić information content (AvgIpc) is 2.98. The molecular formula is C15H19F2N3O3. The van der Waals surface area contributed by atoms with E-state index in [-0.39, 0.29) is 36.0 Å². The van der Waals surface area contributed by atoms with E-state index in [1.54, 1.807) is 12.1 Å². The summed E-state index contributed by atoms with van der Waals surface area (Å²) >= 11 is 0. The normalized spacial score (nSPS) is 25.6. The zero-order chi connectivity index (χ0) is 16.6. The predicted molar refractivity (Wildman–Crippen MR) is 78.1 cm³/mol. The van der Waals surface area contributed by atoms with Gasteiger partial charge >= 0.3 is 6.29 Å².